The number of nitrogens with zero attached hydrogens (tertiary/aromatic N) is 3. The van der Waals surface area contributed by atoms with Crippen molar-refractivity contribution in [2.24, 2.45) is 7.05 Å². The Morgan fingerprint density at radius 1 is 1.50 bits per heavy atom. The molecule has 3 nitrogen and oxygen atoms in total. The predicted octanol–water partition coefficient (Wildman–Crippen LogP) is 2.81. The van der Waals surface area contributed by atoms with Crippen molar-refractivity contribution in [1.29, 1.82) is 5.26 Å². The molecule has 0 atom stereocenters. The predicted molar refractivity (Wildman–Crippen MR) is 63.0 cm³/mol. The molecule has 2 rings (SSSR count). The molecule has 0 aliphatic carbocycles. The Morgan fingerprint density at radius 3 is 3.00 bits per heavy atom. The highest BCUT2D eigenvalue weighted by Gasteiger charge is 2.08. The average Bonchev–Trinajstić information content (AvgIpc) is 2.61. The highest BCUT2D eigenvalue weighted by Crippen LogP contribution is 2.21. The van der Waals surface area contributed by atoms with Crippen LogP contribution in [0.1, 0.15) is 5.69 Å². The summed E-state index contributed by atoms with van der Waals surface area (Å²) in [5, 5.41) is 9.34. The molecule has 16 heavy (non-hydrogen) atoms. The molecular weight excluding hydrogens is 222 g/mol. The summed E-state index contributed by atoms with van der Waals surface area (Å²) < 4.78 is 1.91. The normalized spacial score (nSPS) is 10.1. The van der Waals surface area contributed by atoms with Crippen molar-refractivity contribution in [2.45, 2.75) is 6.42 Å². The largest absolute Gasteiger partial charge is 0.330 e. The molecular formula is C12H10ClN3. The minimum atomic E-state index is 0.365. The maximum absolute atomic E-state index is 8.66. The third-order valence-corrected chi connectivity index (χ3v) is 2.66. The van der Waals surface area contributed by atoms with Crippen LogP contribution in [0.4, 0.5) is 0 Å². The molecule has 80 valence electrons. The van der Waals surface area contributed by atoms with Crippen LogP contribution >= 0.6 is 11.6 Å². The second-order valence-electron chi connectivity index (χ2n) is 3.48. The summed E-state index contributed by atoms with van der Waals surface area (Å²) in [4.78, 5) is 4.30. The van der Waals surface area contributed by atoms with Crippen molar-refractivity contribution in [3.05, 3.63) is 41.2 Å². The fourth-order valence-corrected chi connectivity index (χ4v) is 1.78. The molecule has 1 aromatic heterocycles. The monoisotopic (exact) mass is 231 g/mol. The minimum Gasteiger partial charge on any atom is -0.330 e. The molecule has 4 heteroatoms. The second-order valence-corrected chi connectivity index (χ2v) is 3.91. The van der Waals surface area contributed by atoms with Crippen LogP contribution in [-0.2, 0) is 13.5 Å². The quantitative estimate of drug-likeness (QED) is 0.798. The van der Waals surface area contributed by atoms with Gasteiger partial charge in [0.05, 0.1) is 18.2 Å². The lowest BCUT2D eigenvalue weighted by molar-refractivity contribution is 0.864. The van der Waals surface area contributed by atoms with Gasteiger partial charge in [0.1, 0.15) is 5.82 Å². The lowest BCUT2D eigenvalue weighted by atomic mass is 10.2. The zero-order chi connectivity index (χ0) is 11.5. The van der Waals surface area contributed by atoms with Gasteiger partial charge in [-0.2, -0.15) is 5.26 Å². The Kier molecular flexibility index (Phi) is 2.93. The van der Waals surface area contributed by atoms with Crippen molar-refractivity contribution >= 4 is 11.6 Å². The molecule has 0 radical (unpaired) electrons. The average molecular weight is 232 g/mol. The van der Waals surface area contributed by atoms with Crippen molar-refractivity contribution in [2.75, 3.05) is 0 Å². The molecule has 0 spiro atoms. The zero-order valence-electron chi connectivity index (χ0n) is 8.81. The lowest BCUT2D eigenvalue weighted by Crippen LogP contribution is -1.97. The minimum absolute atomic E-state index is 0.365. The van der Waals surface area contributed by atoms with E-state index in [9.17, 15) is 0 Å². The highest BCUT2D eigenvalue weighted by molar-refractivity contribution is 6.30. The van der Waals surface area contributed by atoms with Crippen LogP contribution in [0.5, 0.6) is 0 Å². The van der Waals surface area contributed by atoms with Gasteiger partial charge in [-0.15, -0.1) is 0 Å². The van der Waals surface area contributed by atoms with Crippen molar-refractivity contribution < 1.29 is 0 Å². The van der Waals surface area contributed by atoms with Gasteiger partial charge in [0.25, 0.3) is 0 Å². The van der Waals surface area contributed by atoms with E-state index in [0.29, 0.717) is 11.4 Å². The first-order chi connectivity index (χ1) is 7.72. The van der Waals surface area contributed by atoms with Gasteiger partial charge in [0.15, 0.2) is 0 Å². The van der Waals surface area contributed by atoms with E-state index in [1.807, 2.05) is 35.9 Å². The van der Waals surface area contributed by atoms with Crippen molar-refractivity contribution in [3.63, 3.8) is 0 Å². The Bertz CT molecular complexity index is 552. The van der Waals surface area contributed by atoms with E-state index in [1.165, 1.54) is 0 Å². The molecule has 1 heterocycles. The van der Waals surface area contributed by atoms with Crippen LogP contribution in [0.2, 0.25) is 5.02 Å². The van der Waals surface area contributed by atoms with Crippen molar-refractivity contribution in [1.82, 2.24) is 9.55 Å². The Labute approximate surface area is 98.9 Å². The molecule has 2 aromatic rings. The number of aromatic nitrogens is 2. The van der Waals surface area contributed by atoms with E-state index in [0.717, 1.165) is 17.1 Å². The molecule has 0 saturated carbocycles. The Balaban J connectivity index is 2.46. The first kappa shape index (κ1) is 10.7. The van der Waals surface area contributed by atoms with Crippen LogP contribution in [0, 0.1) is 11.3 Å². The summed E-state index contributed by atoms with van der Waals surface area (Å²) in [5.74, 6) is 0.827. The second kappa shape index (κ2) is 4.38. The molecule has 0 unspecified atom stereocenters. The molecule has 0 N–H and O–H groups in total. The number of rotatable bonds is 2. The number of nitriles is 1. The summed E-state index contributed by atoms with van der Waals surface area (Å²) in [5.41, 5.74) is 1.86. The fourth-order valence-electron chi connectivity index (χ4n) is 1.59. The van der Waals surface area contributed by atoms with E-state index >= 15 is 0 Å². The Morgan fingerprint density at radius 2 is 2.31 bits per heavy atom. The third kappa shape index (κ3) is 1.93. The van der Waals surface area contributed by atoms with Gasteiger partial charge in [-0.1, -0.05) is 23.7 Å². The molecule has 0 amide bonds. The first-order valence-corrected chi connectivity index (χ1v) is 5.23. The maximum atomic E-state index is 8.66. The highest BCUT2D eigenvalue weighted by atomic mass is 35.5. The molecule has 0 fully saturated rings. The summed E-state index contributed by atoms with van der Waals surface area (Å²) in [6.45, 7) is 0. The van der Waals surface area contributed by atoms with Gasteiger partial charge in [-0.05, 0) is 12.1 Å². The smallest absolute Gasteiger partial charge is 0.139 e. The van der Waals surface area contributed by atoms with Crippen LogP contribution in [0.15, 0.2) is 30.5 Å². The summed E-state index contributed by atoms with van der Waals surface area (Å²) in [7, 11) is 1.90. The maximum Gasteiger partial charge on any atom is 0.139 e. The number of halogens is 1. The molecule has 0 saturated heterocycles. The van der Waals surface area contributed by atoms with Gasteiger partial charge in [0.2, 0.25) is 0 Å². The van der Waals surface area contributed by atoms with E-state index in [2.05, 4.69) is 11.1 Å². The lowest BCUT2D eigenvalue weighted by Gasteiger charge is -2.04. The number of benzene rings is 1. The number of hydrogen-bond acceptors (Lipinski definition) is 2. The van der Waals surface area contributed by atoms with Crippen LogP contribution in [-0.4, -0.2) is 9.55 Å². The first-order valence-electron chi connectivity index (χ1n) is 4.86. The van der Waals surface area contributed by atoms with Crippen LogP contribution in [0.3, 0.4) is 0 Å². The van der Waals surface area contributed by atoms with E-state index < -0.39 is 0 Å². The van der Waals surface area contributed by atoms with Crippen LogP contribution in [0.25, 0.3) is 11.4 Å². The molecule has 1 aromatic carbocycles. The van der Waals surface area contributed by atoms with Gasteiger partial charge < -0.3 is 4.57 Å². The summed E-state index contributed by atoms with van der Waals surface area (Å²) in [6.07, 6.45) is 2.09. The summed E-state index contributed by atoms with van der Waals surface area (Å²) >= 11 is 5.93. The topological polar surface area (TPSA) is 41.6 Å². The zero-order valence-corrected chi connectivity index (χ0v) is 9.57. The summed E-state index contributed by atoms with van der Waals surface area (Å²) in [6, 6.07) is 9.63. The van der Waals surface area contributed by atoms with E-state index in [-0.39, 0.29) is 0 Å². The van der Waals surface area contributed by atoms with Gasteiger partial charge in [0, 0.05) is 23.8 Å². The molecule has 0 bridgehead atoms. The fraction of sp³-hybridized carbons (Fsp3) is 0.167. The number of imidazole rings is 1. The third-order valence-electron chi connectivity index (χ3n) is 2.43. The molecule has 0 aliphatic heterocycles. The van der Waals surface area contributed by atoms with E-state index in [1.54, 1.807) is 6.20 Å². The van der Waals surface area contributed by atoms with Gasteiger partial charge in [-0.25, -0.2) is 4.98 Å². The standard InChI is InChI=1S/C12H10ClN3/c1-16-11(5-6-14)8-15-12(16)9-3-2-4-10(13)7-9/h2-4,7-8H,5H2,1H3. The van der Waals surface area contributed by atoms with E-state index in [4.69, 9.17) is 16.9 Å². The van der Waals surface area contributed by atoms with Gasteiger partial charge in [-0.3, -0.25) is 0 Å². The number of hydrogen-bond donors (Lipinski definition) is 0. The Hall–Kier alpha value is -1.79. The van der Waals surface area contributed by atoms with Crippen molar-refractivity contribution in [3.8, 4) is 17.5 Å². The van der Waals surface area contributed by atoms with Crippen LogP contribution < -0.4 is 0 Å². The van der Waals surface area contributed by atoms with Gasteiger partial charge >= 0.3 is 0 Å². The SMILES string of the molecule is Cn1c(CC#N)cnc1-c1cccc(Cl)c1. The molecule has 0 aliphatic rings.